The predicted molar refractivity (Wildman–Crippen MR) is 114 cm³/mol. The SMILES string of the molecule is Cc1ccc(S(=O)(=O)OC(c2cc(Cl)cc(Cl)c2)c2cc(Cl)cc(Cl)c2)cc1. The smallest absolute Gasteiger partial charge is 0.253 e. The summed E-state index contributed by atoms with van der Waals surface area (Å²) in [5, 5.41) is 1.38. The molecule has 0 heterocycles. The van der Waals surface area contributed by atoms with Gasteiger partial charge in [-0.05, 0) is 66.6 Å². The van der Waals surface area contributed by atoms with Crippen molar-refractivity contribution >= 4 is 56.5 Å². The maximum atomic E-state index is 12.9. The van der Waals surface area contributed by atoms with E-state index in [2.05, 4.69) is 0 Å². The number of hydrogen-bond donors (Lipinski definition) is 0. The average molecular weight is 476 g/mol. The van der Waals surface area contributed by atoms with Crippen molar-refractivity contribution in [1.82, 2.24) is 0 Å². The van der Waals surface area contributed by atoms with E-state index in [4.69, 9.17) is 50.6 Å². The van der Waals surface area contributed by atoms with Gasteiger partial charge in [-0.3, -0.25) is 4.18 Å². The third kappa shape index (κ3) is 5.20. The minimum atomic E-state index is -4.10. The number of benzene rings is 3. The Hall–Kier alpha value is -1.27. The Morgan fingerprint density at radius 2 is 1.11 bits per heavy atom. The molecule has 0 bridgehead atoms. The lowest BCUT2D eigenvalue weighted by Crippen LogP contribution is -2.14. The van der Waals surface area contributed by atoms with E-state index >= 15 is 0 Å². The van der Waals surface area contributed by atoms with Crippen LogP contribution in [0.1, 0.15) is 22.8 Å². The molecule has 0 aromatic heterocycles. The van der Waals surface area contributed by atoms with Crippen LogP contribution < -0.4 is 0 Å². The zero-order chi connectivity index (χ0) is 20.5. The van der Waals surface area contributed by atoms with Gasteiger partial charge in [-0.2, -0.15) is 8.42 Å². The van der Waals surface area contributed by atoms with E-state index in [0.29, 0.717) is 31.2 Å². The fourth-order valence-corrected chi connectivity index (χ4v) is 4.79. The summed E-state index contributed by atoms with van der Waals surface area (Å²) in [5.41, 5.74) is 1.83. The first-order valence-corrected chi connectivity index (χ1v) is 11.0. The van der Waals surface area contributed by atoms with Crippen LogP contribution in [-0.4, -0.2) is 8.42 Å². The van der Waals surface area contributed by atoms with E-state index in [9.17, 15) is 8.42 Å². The summed E-state index contributed by atoms with van der Waals surface area (Å²) < 4.78 is 31.4. The molecule has 3 rings (SSSR count). The van der Waals surface area contributed by atoms with Gasteiger partial charge in [0, 0.05) is 20.1 Å². The van der Waals surface area contributed by atoms with Gasteiger partial charge in [0.15, 0.2) is 0 Å². The van der Waals surface area contributed by atoms with Gasteiger partial charge in [0.25, 0.3) is 10.1 Å². The molecule has 8 heteroatoms. The third-order valence-corrected chi connectivity index (χ3v) is 6.08. The van der Waals surface area contributed by atoms with Crippen LogP contribution in [-0.2, 0) is 14.3 Å². The summed E-state index contributed by atoms with van der Waals surface area (Å²) in [7, 11) is -4.10. The molecule has 0 aliphatic heterocycles. The van der Waals surface area contributed by atoms with Crippen LogP contribution in [0, 0.1) is 6.92 Å². The highest BCUT2D eigenvalue weighted by Gasteiger charge is 2.26. The van der Waals surface area contributed by atoms with Gasteiger partial charge < -0.3 is 0 Å². The van der Waals surface area contributed by atoms with Crippen LogP contribution in [0.2, 0.25) is 20.1 Å². The van der Waals surface area contributed by atoms with Gasteiger partial charge in [0.1, 0.15) is 6.10 Å². The van der Waals surface area contributed by atoms with Crippen LogP contribution in [0.5, 0.6) is 0 Å². The molecule has 0 amide bonds. The molecule has 28 heavy (non-hydrogen) atoms. The Morgan fingerprint density at radius 3 is 1.50 bits per heavy atom. The molecule has 0 atom stereocenters. The Balaban J connectivity index is 2.11. The highest BCUT2D eigenvalue weighted by atomic mass is 35.5. The number of rotatable bonds is 5. The minimum absolute atomic E-state index is 0.0318. The standard InChI is InChI=1S/C20H14Cl4O3S/c1-12-2-4-19(5-3-12)28(25,26)27-20(13-6-15(21)10-16(22)7-13)14-8-17(23)11-18(24)9-14/h2-11,20H,1H3. The van der Waals surface area contributed by atoms with Crippen molar-refractivity contribution < 1.29 is 12.6 Å². The maximum absolute atomic E-state index is 12.9. The lowest BCUT2D eigenvalue weighted by atomic mass is 10.0. The van der Waals surface area contributed by atoms with Gasteiger partial charge in [-0.1, -0.05) is 64.1 Å². The molecule has 0 aliphatic rings. The molecular formula is C20H14Cl4O3S. The Morgan fingerprint density at radius 1 is 0.714 bits per heavy atom. The molecule has 0 unspecified atom stereocenters. The first kappa shape index (κ1) is 21.4. The van der Waals surface area contributed by atoms with E-state index in [0.717, 1.165) is 5.56 Å². The number of halogens is 4. The van der Waals surface area contributed by atoms with E-state index in [1.165, 1.54) is 12.1 Å². The summed E-state index contributed by atoms with van der Waals surface area (Å²) in [6.45, 7) is 1.86. The predicted octanol–water partition coefficient (Wildman–Crippen LogP) is 7.10. The molecular weight excluding hydrogens is 462 g/mol. The van der Waals surface area contributed by atoms with Crippen LogP contribution in [0.25, 0.3) is 0 Å². The highest BCUT2D eigenvalue weighted by molar-refractivity contribution is 7.86. The lowest BCUT2D eigenvalue weighted by molar-refractivity contribution is 0.253. The van der Waals surface area contributed by atoms with Gasteiger partial charge in [-0.15, -0.1) is 0 Å². The van der Waals surface area contributed by atoms with Crippen LogP contribution in [0.15, 0.2) is 65.6 Å². The fraction of sp³-hybridized carbons (Fsp3) is 0.100. The maximum Gasteiger partial charge on any atom is 0.297 e. The van der Waals surface area contributed by atoms with Crippen LogP contribution in [0.3, 0.4) is 0 Å². The molecule has 3 aromatic rings. The van der Waals surface area contributed by atoms with Crippen molar-refractivity contribution in [3.05, 3.63) is 97.4 Å². The second-order valence-electron chi connectivity index (χ2n) is 6.15. The Kier molecular flexibility index (Phi) is 6.60. The van der Waals surface area contributed by atoms with Crippen molar-refractivity contribution in [3.63, 3.8) is 0 Å². The van der Waals surface area contributed by atoms with Crippen molar-refractivity contribution in [2.45, 2.75) is 17.9 Å². The van der Waals surface area contributed by atoms with E-state index < -0.39 is 16.2 Å². The summed E-state index contributed by atoms with van der Waals surface area (Å²) in [4.78, 5) is 0.0318. The molecule has 0 radical (unpaired) electrons. The molecule has 0 N–H and O–H groups in total. The zero-order valence-electron chi connectivity index (χ0n) is 14.5. The average Bonchev–Trinajstić information content (AvgIpc) is 2.58. The Labute approximate surface area is 183 Å². The second kappa shape index (κ2) is 8.62. The molecule has 146 valence electrons. The van der Waals surface area contributed by atoms with Gasteiger partial charge in [0.05, 0.1) is 4.90 Å². The van der Waals surface area contributed by atoms with Crippen molar-refractivity contribution in [3.8, 4) is 0 Å². The fourth-order valence-electron chi connectivity index (χ4n) is 2.64. The lowest BCUT2D eigenvalue weighted by Gasteiger charge is -2.20. The van der Waals surface area contributed by atoms with Crippen molar-refractivity contribution in [2.24, 2.45) is 0 Å². The van der Waals surface area contributed by atoms with E-state index in [1.807, 2.05) is 6.92 Å². The summed E-state index contributed by atoms with van der Waals surface area (Å²) in [6, 6.07) is 15.8. The molecule has 0 aliphatic carbocycles. The molecule has 0 saturated heterocycles. The molecule has 0 saturated carbocycles. The van der Waals surface area contributed by atoms with Crippen molar-refractivity contribution in [2.75, 3.05) is 0 Å². The summed E-state index contributed by atoms with van der Waals surface area (Å²) in [5.74, 6) is 0. The molecule has 0 fully saturated rings. The summed E-state index contributed by atoms with van der Waals surface area (Å²) in [6.07, 6.45) is -1.04. The van der Waals surface area contributed by atoms with Gasteiger partial charge in [-0.25, -0.2) is 0 Å². The molecule has 0 spiro atoms. The molecule has 3 nitrogen and oxygen atoms in total. The van der Waals surface area contributed by atoms with E-state index in [1.54, 1.807) is 48.5 Å². The van der Waals surface area contributed by atoms with Crippen LogP contribution >= 0.6 is 46.4 Å². The van der Waals surface area contributed by atoms with Gasteiger partial charge >= 0.3 is 0 Å². The highest BCUT2D eigenvalue weighted by Crippen LogP contribution is 2.35. The van der Waals surface area contributed by atoms with Crippen LogP contribution in [0.4, 0.5) is 0 Å². The second-order valence-corrected chi connectivity index (χ2v) is 9.47. The van der Waals surface area contributed by atoms with Crippen molar-refractivity contribution in [1.29, 1.82) is 0 Å². The quantitative estimate of drug-likeness (QED) is 0.369. The monoisotopic (exact) mass is 474 g/mol. The van der Waals surface area contributed by atoms with E-state index in [-0.39, 0.29) is 4.90 Å². The van der Waals surface area contributed by atoms with Gasteiger partial charge in [0.2, 0.25) is 0 Å². The topological polar surface area (TPSA) is 43.4 Å². The first-order chi connectivity index (χ1) is 13.1. The largest absolute Gasteiger partial charge is 0.297 e. The number of hydrogen-bond acceptors (Lipinski definition) is 3. The minimum Gasteiger partial charge on any atom is -0.253 e. The number of aryl methyl sites for hydroxylation is 1. The first-order valence-electron chi connectivity index (χ1n) is 8.06. The third-order valence-electron chi connectivity index (χ3n) is 3.91. The summed E-state index contributed by atoms with van der Waals surface area (Å²) >= 11 is 24.4. The normalized spacial score (nSPS) is 11.8. The molecule has 3 aromatic carbocycles. The zero-order valence-corrected chi connectivity index (χ0v) is 18.3. The Bertz CT molecular complexity index is 1020.